The van der Waals surface area contributed by atoms with Crippen molar-refractivity contribution in [3.05, 3.63) is 124 Å². The third-order valence-corrected chi connectivity index (χ3v) is 6.82. The normalized spacial score (nSPS) is 11.8. The van der Waals surface area contributed by atoms with Gasteiger partial charge in [0, 0.05) is 36.4 Å². The minimum atomic E-state index is -0.521. The third kappa shape index (κ3) is 4.31. The molecule has 4 heterocycles. The summed E-state index contributed by atoms with van der Waals surface area (Å²) in [4.78, 5) is 36.1. The number of hydrogen-bond donors (Lipinski definition) is 1. The Bertz CT molecular complexity index is 2020. The van der Waals surface area contributed by atoms with Gasteiger partial charge in [-0.1, -0.05) is 36.3 Å². The van der Waals surface area contributed by atoms with E-state index < -0.39 is 6.04 Å². The number of para-hydroxylation sites is 1. The van der Waals surface area contributed by atoms with Gasteiger partial charge in [0.05, 0.1) is 29.6 Å². The highest BCUT2D eigenvalue weighted by molar-refractivity contribution is 6.01. The van der Waals surface area contributed by atoms with Crippen LogP contribution in [0, 0.1) is 18.8 Å². The number of imidazole rings is 1. The van der Waals surface area contributed by atoms with Crippen LogP contribution in [0.3, 0.4) is 0 Å². The van der Waals surface area contributed by atoms with E-state index >= 15 is 0 Å². The van der Waals surface area contributed by atoms with Crippen LogP contribution in [0.25, 0.3) is 22.1 Å². The molecule has 0 aliphatic heterocycles. The smallest absolute Gasteiger partial charge is 0.264 e. The molecule has 0 radical (unpaired) electrons. The second-order valence-corrected chi connectivity index (χ2v) is 9.50. The van der Waals surface area contributed by atoms with Crippen molar-refractivity contribution in [1.29, 1.82) is 0 Å². The van der Waals surface area contributed by atoms with Crippen molar-refractivity contribution < 1.29 is 4.79 Å². The van der Waals surface area contributed by atoms with E-state index in [1.807, 2.05) is 73.1 Å². The molecule has 1 unspecified atom stereocenters. The minimum absolute atomic E-state index is 0.219. The molecule has 0 saturated carbocycles. The average Bonchev–Trinajstić information content (AvgIpc) is 3.53. The molecule has 1 N–H and O–H groups in total. The van der Waals surface area contributed by atoms with Crippen LogP contribution in [0.5, 0.6) is 0 Å². The molecule has 0 fully saturated rings. The summed E-state index contributed by atoms with van der Waals surface area (Å²) in [6, 6.07) is 18.2. The van der Waals surface area contributed by atoms with Crippen LogP contribution >= 0.6 is 0 Å². The fraction of sp³-hybridized carbons (Fsp3) is 0.129. The van der Waals surface area contributed by atoms with Gasteiger partial charge in [-0.15, -0.1) is 0 Å². The Hall–Kier alpha value is -5.49. The fourth-order valence-corrected chi connectivity index (χ4v) is 4.86. The van der Waals surface area contributed by atoms with Crippen molar-refractivity contribution in [2.45, 2.75) is 19.9 Å². The molecule has 0 aliphatic rings. The number of pyridine rings is 1. The van der Waals surface area contributed by atoms with E-state index in [0.29, 0.717) is 39.2 Å². The maximum Gasteiger partial charge on any atom is 0.264 e. The maximum absolute atomic E-state index is 14.2. The van der Waals surface area contributed by atoms with Crippen molar-refractivity contribution in [2.75, 3.05) is 0 Å². The molecule has 9 nitrogen and oxygen atoms in total. The first-order valence-corrected chi connectivity index (χ1v) is 12.8. The number of carbonyl (C=O) groups excluding carboxylic acids is 1. The van der Waals surface area contributed by atoms with Crippen molar-refractivity contribution in [3.63, 3.8) is 0 Å². The molecule has 1 atom stereocenters. The van der Waals surface area contributed by atoms with Crippen LogP contribution < -0.4 is 10.9 Å². The lowest BCUT2D eigenvalue weighted by Crippen LogP contribution is -2.32. The topological polar surface area (TPSA) is 99.1 Å². The zero-order chi connectivity index (χ0) is 27.8. The lowest BCUT2D eigenvalue weighted by Gasteiger charge is -2.21. The number of rotatable bonds is 4. The Morgan fingerprint density at radius 2 is 1.88 bits per heavy atom. The largest absolute Gasteiger partial charge is 0.344 e. The predicted molar refractivity (Wildman–Crippen MR) is 152 cm³/mol. The number of nitrogens with zero attached hydrogens (tertiary/aromatic N) is 6. The molecule has 0 saturated heterocycles. The van der Waals surface area contributed by atoms with E-state index in [4.69, 9.17) is 0 Å². The van der Waals surface area contributed by atoms with Crippen LogP contribution in [0.15, 0.2) is 90.4 Å². The van der Waals surface area contributed by atoms with Gasteiger partial charge in [-0.2, -0.15) is 5.10 Å². The van der Waals surface area contributed by atoms with E-state index in [1.165, 1.54) is 0 Å². The Labute approximate surface area is 229 Å². The number of aromatic nitrogens is 6. The molecule has 40 heavy (non-hydrogen) atoms. The number of aryl methyl sites for hydroxylation is 2. The van der Waals surface area contributed by atoms with Gasteiger partial charge in [0.1, 0.15) is 11.3 Å². The van der Waals surface area contributed by atoms with Gasteiger partial charge in [0.25, 0.3) is 11.5 Å². The van der Waals surface area contributed by atoms with Gasteiger partial charge in [0.15, 0.2) is 5.65 Å². The van der Waals surface area contributed by atoms with Crippen molar-refractivity contribution in [3.8, 4) is 17.5 Å². The van der Waals surface area contributed by atoms with Crippen molar-refractivity contribution in [1.82, 2.24) is 34.0 Å². The molecule has 0 spiro atoms. The first-order valence-electron chi connectivity index (χ1n) is 12.8. The molecule has 2 aromatic carbocycles. The summed E-state index contributed by atoms with van der Waals surface area (Å²) in [5.74, 6) is 5.96. The Morgan fingerprint density at radius 3 is 2.65 bits per heavy atom. The first-order chi connectivity index (χ1) is 19.4. The Kier molecular flexibility index (Phi) is 6.21. The maximum atomic E-state index is 14.2. The zero-order valence-corrected chi connectivity index (χ0v) is 22.2. The quantitative estimate of drug-likeness (QED) is 0.350. The molecule has 6 rings (SSSR count). The lowest BCUT2D eigenvalue weighted by atomic mass is 10.0. The molecular formula is C31H25N7O2. The van der Waals surface area contributed by atoms with Crippen molar-refractivity contribution in [2.24, 2.45) is 7.05 Å². The molecule has 1 amide bonds. The van der Waals surface area contributed by atoms with Gasteiger partial charge in [-0.3, -0.25) is 14.2 Å². The predicted octanol–water partition coefficient (Wildman–Crippen LogP) is 3.97. The van der Waals surface area contributed by atoms with E-state index in [0.717, 1.165) is 11.1 Å². The SMILES string of the molecule is Cc1nn2cccnc2c1C(=O)NC(C)c1cc2cccc(C#Cc3cncn3C)c2c(=O)n1-c1ccccc1. The molecule has 196 valence electrons. The molecule has 9 heteroatoms. The van der Waals surface area contributed by atoms with Gasteiger partial charge >= 0.3 is 0 Å². The summed E-state index contributed by atoms with van der Waals surface area (Å²) < 4.78 is 5.05. The van der Waals surface area contributed by atoms with Crippen LogP contribution in [0.2, 0.25) is 0 Å². The van der Waals surface area contributed by atoms with Crippen molar-refractivity contribution >= 4 is 22.3 Å². The molecule has 0 aliphatic carbocycles. The van der Waals surface area contributed by atoms with E-state index in [9.17, 15) is 9.59 Å². The van der Waals surface area contributed by atoms with Crippen LogP contribution in [0.1, 0.15) is 46.0 Å². The lowest BCUT2D eigenvalue weighted by molar-refractivity contribution is 0.0939. The number of hydrogen-bond acceptors (Lipinski definition) is 5. The summed E-state index contributed by atoms with van der Waals surface area (Å²) in [6.07, 6.45) is 6.74. The van der Waals surface area contributed by atoms with Gasteiger partial charge in [-0.25, -0.2) is 14.5 Å². The Balaban J connectivity index is 1.48. The third-order valence-electron chi connectivity index (χ3n) is 6.82. The molecular weight excluding hydrogens is 502 g/mol. The highest BCUT2D eigenvalue weighted by Crippen LogP contribution is 2.24. The second-order valence-electron chi connectivity index (χ2n) is 9.50. The number of fused-ring (bicyclic) bond motifs is 2. The minimum Gasteiger partial charge on any atom is -0.344 e. The number of carbonyl (C=O) groups is 1. The number of amides is 1. The van der Waals surface area contributed by atoms with Gasteiger partial charge < -0.3 is 9.88 Å². The summed E-state index contributed by atoms with van der Waals surface area (Å²) in [7, 11) is 1.87. The summed E-state index contributed by atoms with van der Waals surface area (Å²) in [6.45, 7) is 3.64. The van der Waals surface area contributed by atoms with Gasteiger partial charge in [0.2, 0.25) is 0 Å². The average molecular weight is 528 g/mol. The highest BCUT2D eigenvalue weighted by Gasteiger charge is 2.23. The monoisotopic (exact) mass is 527 g/mol. The molecule has 4 aromatic heterocycles. The first kappa shape index (κ1) is 24.8. The molecule has 0 bridgehead atoms. The summed E-state index contributed by atoms with van der Waals surface area (Å²) in [5.41, 5.74) is 3.90. The summed E-state index contributed by atoms with van der Waals surface area (Å²) >= 11 is 0. The number of benzene rings is 2. The molecule has 6 aromatic rings. The van der Waals surface area contributed by atoms with Crippen LogP contribution in [0.4, 0.5) is 0 Å². The van der Waals surface area contributed by atoms with E-state index in [2.05, 4.69) is 32.2 Å². The van der Waals surface area contributed by atoms with E-state index in [1.54, 1.807) is 47.0 Å². The number of nitrogens with one attached hydrogen (secondary N) is 1. The Morgan fingerprint density at radius 1 is 1.05 bits per heavy atom. The standard InChI is InChI=1S/C31H25N7O2/c1-20(34-30(39)27-21(2)35-37-16-8-15-33-29(27)37)26-17-23-10-7-9-22(13-14-25-18-32-19-36(25)3)28(23)31(40)38(26)24-11-5-4-6-12-24/h4-12,15-20H,1-3H3,(H,34,39). The van der Waals surface area contributed by atoms with Crippen LogP contribution in [-0.2, 0) is 7.05 Å². The fourth-order valence-electron chi connectivity index (χ4n) is 4.86. The summed E-state index contributed by atoms with van der Waals surface area (Å²) in [5, 5.41) is 8.71. The highest BCUT2D eigenvalue weighted by atomic mass is 16.2. The zero-order valence-electron chi connectivity index (χ0n) is 22.2. The van der Waals surface area contributed by atoms with E-state index in [-0.39, 0.29) is 11.5 Å². The van der Waals surface area contributed by atoms with Crippen LogP contribution in [-0.4, -0.2) is 34.6 Å². The second kappa shape index (κ2) is 10.0. The van der Waals surface area contributed by atoms with Gasteiger partial charge in [-0.05, 0) is 55.5 Å².